The van der Waals surface area contributed by atoms with Gasteiger partial charge in [-0.2, -0.15) is 0 Å². The molecule has 2 nitrogen and oxygen atoms in total. The van der Waals surface area contributed by atoms with Crippen LogP contribution in [0.25, 0.3) is 0 Å². The molecule has 0 aromatic heterocycles. The average Bonchev–Trinajstić information content (AvgIpc) is 2.81. The summed E-state index contributed by atoms with van der Waals surface area (Å²) >= 11 is 0. The van der Waals surface area contributed by atoms with Crippen molar-refractivity contribution in [3.63, 3.8) is 0 Å². The Labute approximate surface area is 119 Å². The van der Waals surface area contributed by atoms with Gasteiger partial charge in [0.15, 0.2) is 0 Å². The second-order valence-electron chi connectivity index (χ2n) is 5.81. The average molecular weight is 266 g/mol. The topological polar surface area (TPSA) is 37.3 Å². The maximum absolute atomic E-state index is 11.9. The van der Waals surface area contributed by atoms with E-state index in [-0.39, 0.29) is 0 Å². The van der Waals surface area contributed by atoms with Gasteiger partial charge < -0.3 is 5.11 Å². The van der Waals surface area contributed by atoms with Crippen LogP contribution in [-0.4, -0.2) is 11.1 Å². The van der Waals surface area contributed by atoms with Crippen molar-refractivity contribution < 1.29 is 9.90 Å². The van der Waals surface area contributed by atoms with Gasteiger partial charge in [0.25, 0.3) is 0 Å². The lowest BCUT2D eigenvalue weighted by atomic mass is 9.78. The van der Waals surface area contributed by atoms with Crippen molar-refractivity contribution in [2.75, 3.05) is 0 Å². The molecule has 0 amide bonds. The number of hydrogen-bond donors (Lipinski definition) is 1. The largest absolute Gasteiger partial charge is 0.481 e. The molecule has 1 aliphatic carbocycles. The first-order valence-electron chi connectivity index (χ1n) is 6.95. The first kappa shape index (κ1) is 12.9. The number of carboxylic acid groups (broad SMARTS) is 1. The van der Waals surface area contributed by atoms with Gasteiger partial charge in [0.2, 0.25) is 0 Å². The Kier molecular flexibility index (Phi) is 3.09. The molecule has 0 unspecified atom stereocenters. The van der Waals surface area contributed by atoms with Gasteiger partial charge in [0, 0.05) is 0 Å². The van der Waals surface area contributed by atoms with Crippen LogP contribution in [0, 0.1) is 12.3 Å². The second-order valence-corrected chi connectivity index (χ2v) is 5.81. The highest BCUT2D eigenvalue weighted by Gasteiger charge is 2.44. The van der Waals surface area contributed by atoms with E-state index in [1.807, 2.05) is 43.3 Å². The maximum Gasteiger partial charge on any atom is 0.310 e. The molecule has 2 aromatic rings. The highest BCUT2D eigenvalue weighted by atomic mass is 16.4. The number of aryl methyl sites for hydroxylation is 1. The summed E-state index contributed by atoms with van der Waals surface area (Å²) in [6.07, 6.45) is 1.86. The van der Waals surface area contributed by atoms with E-state index in [4.69, 9.17) is 0 Å². The van der Waals surface area contributed by atoms with Crippen LogP contribution < -0.4 is 0 Å². The minimum absolute atomic E-state index is 0.601. The molecule has 1 N–H and O–H groups in total. The summed E-state index contributed by atoms with van der Waals surface area (Å²) in [6.45, 7) is 2.05. The molecule has 0 saturated heterocycles. The Morgan fingerprint density at radius 1 is 1.05 bits per heavy atom. The molecule has 0 spiro atoms. The van der Waals surface area contributed by atoms with E-state index >= 15 is 0 Å². The molecule has 3 rings (SSSR count). The third-order valence-electron chi connectivity index (χ3n) is 4.42. The van der Waals surface area contributed by atoms with Crippen molar-refractivity contribution in [3.05, 3.63) is 70.8 Å². The molecule has 0 atom stereocenters. The Balaban J connectivity index is 1.96. The standard InChI is InChI=1S/C18H18O2/c1-13-6-2-3-7-14(13)10-18(17(19)20)11-15-8-4-5-9-16(15)12-18/h2-9H,10-12H2,1H3,(H,19,20). The second kappa shape index (κ2) is 4.78. The fourth-order valence-corrected chi connectivity index (χ4v) is 3.22. The zero-order valence-corrected chi connectivity index (χ0v) is 11.6. The summed E-state index contributed by atoms with van der Waals surface area (Å²) in [5, 5.41) is 9.79. The Morgan fingerprint density at radius 3 is 2.15 bits per heavy atom. The number of fused-ring (bicyclic) bond motifs is 1. The van der Waals surface area contributed by atoms with Gasteiger partial charge in [-0.25, -0.2) is 0 Å². The number of hydrogen-bond acceptors (Lipinski definition) is 1. The van der Waals surface area contributed by atoms with Crippen molar-refractivity contribution in [1.29, 1.82) is 0 Å². The van der Waals surface area contributed by atoms with Crippen LogP contribution in [0.1, 0.15) is 22.3 Å². The van der Waals surface area contributed by atoms with Gasteiger partial charge in [0.1, 0.15) is 0 Å². The highest BCUT2D eigenvalue weighted by Crippen LogP contribution is 2.40. The lowest BCUT2D eigenvalue weighted by Gasteiger charge is -2.24. The third-order valence-corrected chi connectivity index (χ3v) is 4.42. The molecule has 0 bridgehead atoms. The zero-order valence-electron chi connectivity index (χ0n) is 11.6. The van der Waals surface area contributed by atoms with E-state index in [0.717, 1.165) is 5.56 Å². The van der Waals surface area contributed by atoms with E-state index < -0.39 is 11.4 Å². The number of rotatable bonds is 3. The predicted octanol–water partition coefficient (Wildman–Crippen LogP) is 3.41. The zero-order chi connectivity index (χ0) is 14.2. The first-order chi connectivity index (χ1) is 9.61. The summed E-state index contributed by atoms with van der Waals surface area (Å²) in [7, 11) is 0. The van der Waals surface area contributed by atoms with Crippen LogP contribution in [0.3, 0.4) is 0 Å². The van der Waals surface area contributed by atoms with Gasteiger partial charge in [-0.1, -0.05) is 48.5 Å². The number of benzene rings is 2. The summed E-state index contributed by atoms with van der Waals surface area (Å²) in [5.74, 6) is -0.683. The van der Waals surface area contributed by atoms with E-state index in [1.54, 1.807) is 0 Å². The SMILES string of the molecule is Cc1ccccc1CC1(C(=O)O)Cc2ccccc2C1. The summed E-state index contributed by atoms with van der Waals surface area (Å²) in [5.41, 5.74) is 3.99. The van der Waals surface area contributed by atoms with Crippen LogP contribution in [0.2, 0.25) is 0 Å². The van der Waals surface area contributed by atoms with Crippen molar-refractivity contribution in [2.45, 2.75) is 26.2 Å². The van der Waals surface area contributed by atoms with Gasteiger partial charge >= 0.3 is 5.97 Å². The van der Waals surface area contributed by atoms with E-state index in [0.29, 0.717) is 19.3 Å². The maximum atomic E-state index is 11.9. The van der Waals surface area contributed by atoms with Gasteiger partial charge in [-0.05, 0) is 48.4 Å². The fraction of sp³-hybridized carbons (Fsp3) is 0.278. The van der Waals surface area contributed by atoms with Crippen LogP contribution >= 0.6 is 0 Å². The van der Waals surface area contributed by atoms with Gasteiger partial charge in [-0.15, -0.1) is 0 Å². The van der Waals surface area contributed by atoms with Crippen molar-refractivity contribution in [2.24, 2.45) is 5.41 Å². The van der Waals surface area contributed by atoms with Gasteiger partial charge in [-0.3, -0.25) is 4.79 Å². The Bertz CT molecular complexity index is 633. The Morgan fingerprint density at radius 2 is 1.60 bits per heavy atom. The molecular formula is C18H18O2. The summed E-state index contributed by atoms with van der Waals surface area (Å²) in [6, 6.07) is 16.2. The molecule has 0 fully saturated rings. The van der Waals surface area contributed by atoms with Crippen molar-refractivity contribution in [3.8, 4) is 0 Å². The number of carboxylic acids is 1. The molecule has 2 aromatic carbocycles. The van der Waals surface area contributed by atoms with Crippen molar-refractivity contribution >= 4 is 5.97 Å². The minimum Gasteiger partial charge on any atom is -0.481 e. The van der Waals surface area contributed by atoms with Crippen molar-refractivity contribution in [1.82, 2.24) is 0 Å². The summed E-state index contributed by atoms with van der Waals surface area (Å²) in [4.78, 5) is 11.9. The lowest BCUT2D eigenvalue weighted by Crippen LogP contribution is -2.34. The Hall–Kier alpha value is -2.09. The molecule has 102 valence electrons. The molecule has 0 radical (unpaired) electrons. The molecule has 0 aliphatic heterocycles. The molecule has 0 saturated carbocycles. The number of aliphatic carboxylic acids is 1. The smallest absolute Gasteiger partial charge is 0.310 e. The monoisotopic (exact) mass is 266 g/mol. The molecule has 0 heterocycles. The van der Waals surface area contributed by atoms with E-state index in [9.17, 15) is 9.90 Å². The lowest BCUT2D eigenvalue weighted by molar-refractivity contribution is -0.148. The fourth-order valence-electron chi connectivity index (χ4n) is 3.22. The van der Waals surface area contributed by atoms with Gasteiger partial charge in [0.05, 0.1) is 5.41 Å². The van der Waals surface area contributed by atoms with Crippen LogP contribution in [-0.2, 0) is 24.1 Å². The molecule has 2 heteroatoms. The quantitative estimate of drug-likeness (QED) is 0.924. The van der Waals surface area contributed by atoms with Crippen LogP contribution in [0.15, 0.2) is 48.5 Å². The summed E-state index contributed by atoms with van der Waals surface area (Å²) < 4.78 is 0. The van der Waals surface area contributed by atoms with Crippen LogP contribution in [0.5, 0.6) is 0 Å². The predicted molar refractivity (Wildman–Crippen MR) is 78.8 cm³/mol. The molecule has 20 heavy (non-hydrogen) atoms. The normalized spacial score (nSPS) is 15.8. The molecular weight excluding hydrogens is 248 g/mol. The highest BCUT2D eigenvalue weighted by molar-refractivity contribution is 5.77. The number of carbonyl (C=O) groups is 1. The van der Waals surface area contributed by atoms with E-state index in [2.05, 4.69) is 12.1 Å². The third kappa shape index (κ3) is 2.11. The van der Waals surface area contributed by atoms with Crippen LogP contribution in [0.4, 0.5) is 0 Å². The van der Waals surface area contributed by atoms with E-state index in [1.165, 1.54) is 16.7 Å². The molecule has 1 aliphatic rings. The minimum atomic E-state index is -0.685. The first-order valence-corrected chi connectivity index (χ1v) is 6.95.